The summed E-state index contributed by atoms with van der Waals surface area (Å²) < 4.78 is 4.64. The maximum Gasteiger partial charge on any atom is 0.308 e. The van der Waals surface area contributed by atoms with Gasteiger partial charge in [0.15, 0.2) is 0 Å². The molecule has 10 heavy (non-hydrogen) atoms. The van der Waals surface area contributed by atoms with E-state index in [0.717, 1.165) is 12.8 Å². The van der Waals surface area contributed by atoms with Crippen LogP contribution in [0, 0.1) is 11.8 Å². The van der Waals surface area contributed by atoms with Gasteiger partial charge in [-0.1, -0.05) is 6.92 Å². The van der Waals surface area contributed by atoms with Crippen LogP contribution in [0.3, 0.4) is 0 Å². The van der Waals surface area contributed by atoms with E-state index in [1.165, 1.54) is 13.5 Å². The number of rotatable bonds is 1. The Morgan fingerprint density at radius 2 is 2.20 bits per heavy atom. The van der Waals surface area contributed by atoms with E-state index in [2.05, 4.69) is 11.7 Å². The summed E-state index contributed by atoms with van der Waals surface area (Å²) in [5, 5.41) is 0. The van der Waals surface area contributed by atoms with Crippen molar-refractivity contribution in [3.8, 4) is 0 Å². The minimum Gasteiger partial charge on any atom is -0.469 e. The minimum absolute atomic E-state index is 0.0237. The second-order valence-electron chi connectivity index (χ2n) is 3.14. The second-order valence-corrected chi connectivity index (χ2v) is 3.14. The van der Waals surface area contributed by atoms with E-state index in [9.17, 15) is 4.79 Å². The normalized spacial score (nSPS) is 32.2. The van der Waals surface area contributed by atoms with Crippen molar-refractivity contribution in [1.29, 1.82) is 0 Å². The third kappa shape index (κ3) is 1.49. The molecular formula is C8H14O2. The smallest absolute Gasteiger partial charge is 0.308 e. The van der Waals surface area contributed by atoms with Gasteiger partial charge in [-0.2, -0.15) is 0 Å². The quantitative estimate of drug-likeness (QED) is 0.520. The molecule has 0 spiro atoms. The Morgan fingerprint density at radius 3 is 2.60 bits per heavy atom. The molecule has 1 aliphatic carbocycles. The van der Waals surface area contributed by atoms with Gasteiger partial charge in [0.25, 0.3) is 0 Å². The van der Waals surface area contributed by atoms with Gasteiger partial charge >= 0.3 is 5.97 Å². The molecule has 0 saturated heterocycles. The molecule has 1 aliphatic rings. The van der Waals surface area contributed by atoms with Crippen LogP contribution >= 0.6 is 0 Å². The zero-order valence-corrected chi connectivity index (χ0v) is 6.59. The van der Waals surface area contributed by atoms with E-state index in [-0.39, 0.29) is 11.9 Å². The van der Waals surface area contributed by atoms with E-state index >= 15 is 0 Å². The Labute approximate surface area is 61.6 Å². The van der Waals surface area contributed by atoms with Gasteiger partial charge < -0.3 is 4.74 Å². The lowest BCUT2D eigenvalue weighted by Crippen LogP contribution is -2.12. The van der Waals surface area contributed by atoms with Gasteiger partial charge in [0.05, 0.1) is 13.0 Å². The van der Waals surface area contributed by atoms with Gasteiger partial charge in [-0.05, 0) is 25.2 Å². The van der Waals surface area contributed by atoms with Crippen LogP contribution < -0.4 is 0 Å². The fraction of sp³-hybridized carbons (Fsp3) is 0.875. The Balaban J connectivity index is 2.37. The average molecular weight is 142 g/mol. The third-order valence-electron chi connectivity index (χ3n) is 2.23. The molecule has 0 aromatic heterocycles. The second kappa shape index (κ2) is 3.04. The fourth-order valence-corrected chi connectivity index (χ4v) is 1.59. The summed E-state index contributed by atoms with van der Waals surface area (Å²) >= 11 is 0. The topological polar surface area (TPSA) is 26.3 Å². The van der Waals surface area contributed by atoms with Gasteiger partial charge in [0, 0.05) is 0 Å². The summed E-state index contributed by atoms with van der Waals surface area (Å²) in [5.41, 5.74) is 0. The van der Waals surface area contributed by atoms with Gasteiger partial charge in [0.1, 0.15) is 0 Å². The van der Waals surface area contributed by atoms with Crippen molar-refractivity contribution in [3.05, 3.63) is 0 Å². The van der Waals surface area contributed by atoms with Crippen molar-refractivity contribution >= 4 is 5.97 Å². The molecule has 0 aliphatic heterocycles. The molecule has 0 heterocycles. The number of hydrogen-bond donors (Lipinski definition) is 0. The van der Waals surface area contributed by atoms with Crippen LogP contribution in [0.1, 0.15) is 26.2 Å². The Hall–Kier alpha value is -0.530. The lowest BCUT2D eigenvalue weighted by molar-refractivity contribution is -0.145. The molecule has 0 aromatic carbocycles. The molecule has 2 nitrogen and oxygen atoms in total. The van der Waals surface area contributed by atoms with Crippen molar-refractivity contribution in [2.75, 3.05) is 7.11 Å². The first-order valence-electron chi connectivity index (χ1n) is 3.82. The number of methoxy groups -OCH3 is 1. The zero-order chi connectivity index (χ0) is 7.56. The van der Waals surface area contributed by atoms with Crippen LogP contribution in [0.25, 0.3) is 0 Å². The molecule has 2 atom stereocenters. The maximum atomic E-state index is 10.9. The van der Waals surface area contributed by atoms with E-state index in [1.807, 2.05) is 0 Å². The molecule has 2 heteroatoms. The average Bonchev–Trinajstić information content (AvgIpc) is 2.34. The van der Waals surface area contributed by atoms with E-state index in [1.54, 1.807) is 0 Å². The third-order valence-corrected chi connectivity index (χ3v) is 2.23. The van der Waals surface area contributed by atoms with Gasteiger partial charge in [-0.15, -0.1) is 0 Å². The Kier molecular flexibility index (Phi) is 2.30. The molecule has 0 N–H and O–H groups in total. The van der Waals surface area contributed by atoms with Crippen LogP contribution in [0.5, 0.6) is 0 Å². The monoisotopic (exact) mass is 142 g/mol. The highest BCUT2D eigenvalue weighted by molar-refractivity contribution is 5.72. The molecule has 1 fully saturated rings. The first-order valence-corrected chi connectivity index (χ1v) is 3.82. The van der Waals surface area contributed by atoms with Crippen LogP contribution in [-0.4, -0.2) is 13.1 Å². The van der Waals surface area contributed by atoms with E-state index in [0.29, 0.717) is 5.92 Å². The zero-order valence-electron chi connectivity index (χ0n) is 6.59. The van der Waals surface area contributed by atoms with Gasteiger partial charge in [0.2, 0.25) is 0 Å². The van der Waals surface area contributed by atoms with Gasteiger partial charge in [-0.3, -0.25) is 4.79 Å². The van der Waals surface area contributed by atoms with Crippen LogP contribution in [-0.2, 0) is 9.53 Å². The summed E-state index contributed by atoms with van der Waals surface area (Å²) in [7, 11) is 1.46. The molecule has 0 bridgehead atoms. The standard InChI is InChI=1S/C8H14O2/c1-6-3-4-7(5-6)8(9)10-2/h6-7H,3-5H2,1-2H3/t6-,7-/m1/s1. The molecule has 1 rings (SSSR count). The number of carbonyl (C=O) groups is 1. The number of esters is 1. The molecule has 0 radical (unpaired) electrons. The molecule has 0 unspecified atom stereocenters. The molecule has 0 amide bonds. The first-order chi connectivity index (χ1) is 4.74. The van der Waals surface area contributed by atoms with E-state index < -0.39 is 0 Å². The predicted molar refractivity (Wildman–Crippen MR) is 38.5 cm³/mol. The van der Waals surface area contributed by atoms with Crippen molar-refractivity contribution in [3.63, 3.8) is 0 Å². The van der Waals surface area contributed by atoms with Crippen molar-refractivity contribution in [2.45, 2.75) is 26.2 Å². The summed E-state index contributed by atoms with van der Waals surface area (Å²) in [6, 6.07) is 0. The summed E-state index contributed by atoms with van der Waals surface area (Å²) in [6.07, 6.45) is 3.22. The lowest BCUT2D eigenvalue weighted by Gasteiger charge is -2.04. The van der Waals surface area contributed by atoms with Gasteiger partial charge in [-0.25, -0.2) is 0 Å². The number of carbonyl (C=O) groups excluding carboxylic acids is 1. The number of ether oxygens (including phenoxy) is 1. The predicted octanol–water partition coefficient (Wildman–Crippen LogP) is 1.60. The molecule has 0 aromatic rings. The SMILES string of the molecule is COC(=O)[C@@H]1CC[C@@H](C)C1. The first kappa shape index (κ1) is 7.58. The van der Waals surface area contributed by atoms with Crippen LogP contribution in [0.2, 0.25) is 0 Å². The molecule has 1 saturated carbocycles. The van der Waals surface area contributed by atoms with Crippen LogP contribution in [0.4, 0.5) is 0 Å². The number of hydrogen-bond acceptors (Lipinski definition) is 2. The largest absolute Gasteiger partial charge is 0.469 e. The van der Waals surface area contributed by atoms with Crippen LogP contribution in [0.15, 0.2) is 0 Å². The molecule has 58 valence electrons. The maximum absolute atomic E-state index is 10.9. The highest BCUT2D eigenvalue weighted by Crippen LogP contribution is 2.30. The molecular weight excluding hydrogens is 128 g/mol. The Bertz CT molecular complexity index is 131. The minimum atomic E-state index is -0.0237. The Morgan fingerprint density at radius 1 is 1.50 bits per heavy atom. The van der Waals surface area contributed by atoms with Crippen molar-refractivity contribution < 1.29 is 9.53 Å². The van der Waals surface area contributed by atoms with E-state index in [4.69, 9.17) is 0 Å². The highest BCUT2D eigenvalue weighted by atomic mass is 16.5. The van der Waals surface area contributed by atoms with Crippen molar-refractivity contribution in [1.82, 2.24) is 0 Å². The lowest BCUT2D eigenvalue weighted by atomic mass is 10.1. The summed E-state index contributed by atoms with van der Waals surface area (Å²) in [4.78, 5) is 10.9. The summed E-state index contributed by atoms with van der Waals surface area (Å²) in [6.45, 7) is 2.18. The fourth-order valence-electron chi connectivity index (χ4n) is 1.59. The summed E-state index contributed by atoms with van der Waals surface area (Å²) in [5.74, 6) is 0.883. The van der Waals surface area contributed by atoms with Crippen molar-refractivity contribution in [2.24, 2.45) is 11.8 Å². The highest BCUT2D eigenvalue weighted by Gasteiger charge is 2.27.